The van der Waals surface area contributed by atoms with Gasteiger partial charge in [-0.2, -0.15) is 0 Å². The number of hydrogen-bond acceptors (Lipinski definition) is 2. The van der Waals surface area contributed by atoms with Crippen LogP contribution in [0.1, 0.15) is 5.56 Å². The molecule has 0 radical (unpaired) electrons. The molecule has 1 aromatic heterocycles. The van der Waals surface area contributed by atoms with Gasteiger partial charge in [0, 0.05) is 18.0 Å². The first-order chi connectivity index (χ1) is 9.50. The van der Waals surface area contributed by atoms with Crippen LogP contribution in [0, 0.1) is 6.92 Å². The van der Waals surface area contributed by atoms with E-state index in [9.17, 15) is 8.42 Å². The lowest BCUT2D eigenvalue weighted by molar-refractivity contribution is 0.587. The number of nitrogens with zero attached hydrogens (tertiary/aromatic N) is 1. The van der Waals surface area contributed by atoms with Gasteiger partial charge in [-0.05, 0) is 31.2 Å². The van der Waals surface area contributed by atoms with E-state index in [-0.39, 0.29) is 0 Å². The third-order valence-corrected chi connectivity index (χ3v) is 5.35. The first kappa shape index (κ1) is 12.9. The lowest BCUT2D eigenvalue weighted by Gasteiger charge is -2.06. The number of hydrogen-bond donors (Lipinski definition) is 0. The zero-order valence-electron chi connectivity index (χ0n) is 11.4. The minimum absolute atomic E-state index is 0.322. The minimum atomic E-state index is -3.49. The van der Waals surface area contributed by atoms with Gasteiger partial charge in [0.05, 0.1) is 4.90 Å². The van der Waals surface area contributed by atoms with Gasteiger partial charge in [-0.3, -0.25) is 0 Å². The number of rotatable bonds is 2. The largest absolute Gasteiger partial charge is 0.334 e. The number of benzene rings is 2. The Hall–Kier alpha value is -2.07. The van der Waals surface area contributed by atoms with E-state index in [1.807, 2.05) is 43.3 Å². The number of sulfone groups is 1. The van der Waals surface area contributed by atoms with E-state index >= 15 is 0 Å². The molecular formula is C16H15NO2S. The monoisotopic (exact) mass is 285 g/mol. The molecule has 0 saturated carbocycles. The topological polar surface area (TPSA) is 39.1 Å². The molecule has 3 aromatic rings. The molecule has 0 unspecified atom stereocenters. The summed E-state index contributed by atoms with van der Waals surface area (Å²) in [6.45, 7) is 1.94. The maximum atomic E-state index is 12.7. The molecule has 0 fully saturated rings. The predicted molar refractivity (Wildman–Crippen MR) is 79.5 cm³/mol. The number of aryl methyl sites for hydroxylation is 2. The second-order valence-electron chi connectivity index (χ2n) is 4.92. The summed E-state index contributed by atoms with van der Waals surface area (Å²) in [5, 5.41) is 1.25. The molecular weight excluding hydrogens is 270 g/mol. The van der Waals surface area contributed by atoms with Crippen LogP contribution in [0.5, 0.6) is 0 Å². The van der Waals surface area contributed by atoms with Gasteiger partial charge in [0.1, 0.15) is 5.03 Å². The third-order valence-electron chi connectivity index (χ3n) is 3.51. The zero-order chi connectivity index (χ0) is 14.3. The van der Waals surface area contributed by atoms with Gasteiger partial charge in [0.2, 0.25) is 9.84 Å². The van der Waals surface area contributed by atoms with Crippen LogP contribution in [-0.4, -0.2) is 13.0 Å². The smallest absolute Gasteiger partial charge is 0.222 e. The van der Waals surface area contributed by atoms with Crippen LogP contribution < -0.4 is 0 Å². The van der Waals surface area contributed by atoms with Gasteiger partial charge in [0.25, 0.3) is 0 Å². The molecule has 0 amide bonds. The molecule has 4 heteroatoms. The highest BCUT2D eigenvalue weighted by Gasteiger charge is 2.22. The fraction of sp³-hybridized carbons (Fsp3) is 0.125. The zero-order valence-corrected chi connectivity index (χ0v) is 12.2. The van der Waals surface area contributed by atoms with Crippen molar-refractivity contribution in [3.8, 4) is 0 Å². The van der Waals surface area contributed by atoms with E-state index in [4.69, 9.17) is 0 Å². The lowest BCUT2D eigenvalue weighted by Crippen LogP contribution is -2.07. The highest BCUT2D eigenvalue weighted by Crippen LogP contribution is 2.27. The van der Waals surface area contributed by atoms with Crippen LogP contribution in [-0.2, 0) is 16.9 Å². The maximum absolute atomic E-state index is 12.7. The van der Waals surface area contributed by atoms with Crippen molar-refractivity contribution in [3.05, 3.63) is 60.2 Å². The standard InChI is InChI=1S/C16H15NO2S/c1-12-7-9-14(10-8-12)20(18,19)16-11-13-5-3-4-6-15(13)17(16)2/h3-11H,1-2H3. The third kappa shape index (κ3) is 1.93. The first-order valence-corrected chi connectivity index (χ1v) is 7.85. The minimum Gasteiger partial charge on any atom is -0.334 e. The van der Waals surface area contributed by atoms with Crippen molar-refractivity contribution in [1.29, 1.82) is 0 Å². The molecule has 0 saturated heterocycles. The Morgan fingerprint density at radius 1 is 0.950 bits per heavy atom. The van der Waals surface area contributed by atoms with Crippen molar-refractivity contribution in [2.45, 2.75) is 16.8 Å². The van der Waals surface area contributed by atoms with Crippen molar-refractivity contribution >= 4 is 20.7 Å². The van der Waals surface area contributed by atoms with Crippen molar-refractivity contribution < 1.29 is 8.42 Å². The summed E-state index contributed by atoms with van der Waals surface area (Å²) < 4.78 is 27.2. The second kappa shape index (κ2) is 4.49. The van der Waals surface area contributed by atoms with Gasteiger partial charge in [-0.25, -0.2) is 8.42 Å². The van der Waals surface area contributed by atoms with Crippen LogP contribution in [0.15, 0.2) is 64.5 Å². The molecule has 0 aliphatic heterocycles. The number of para-hydroxylation sites is 1. The van der Waals surface area contributed by atoms with Gasteiger partial charge in [0.15, 0.2) is 0 Å². The summed E-state index contributed by atoms with van der Waals surface area (Å²) in [5.41, 5.74) is 1.96. The molecule has 0 aliphatic rings. The Balaban J connectivity index is 2.24. The van der Waals surface area contributed by atoms with E-state index in [0.717, 1.165) is 16.5 Å². The quantitative estimate of drug-likeness (QED) is 0.724. The summed E-state index contributed by atoms with van der Waals surface area (Å²) in [6.07, 6.45) is 0. The molecule has 102 valence electrons. The molecule has 0 aliphatic carbocycles. The Kier molecular flexibility index (Phi) is 2.91. The Morgan fingerprint density at radius 3 is 2.25 bits per heavy atom. The van der Waals surface area contributed by atoms with E-state index in [1.165, 1.54) is 0 Å². The second-order valence-corrected chi connectivity index (χ2v) is 6.81. The van der Waals surface area contributed by atoms with Crippen molar-refractivity contribution in [2.75, 3.05) is 0 Å². The average molecular weight is 285 g/mol. The average Bonchev–Trinajstić information content (AvgIpc) is 2.78. The van der Waals surface area contributed by atoms with Gasteiger partial charge in [-0.15, -0.1) is 0 Å². The predicted octanol–water partition coefficient (Wildman–Crippen LogP) is 3.32. The summed E-state index contributed by atoms with van der Waals surface area (Å²) in [4.78, 5) is 0.328. The van der Waals surface area contributed by atoms with E-state index in [1.54, 1.807) is 29.8 Å². The number of aromatic nitrogens is 1. The normalized spacial score (nSPS) is 11.9. The molecule has 0 atom stereocenters. The van der Waals surface area contributed by atoms with E-state index in [0.29, 0.717) is 9.92 Å². The molecule has 3 rings (SSSR count). The van der Waals surface area contributed by atoms with Gasteiger partial charge >= 0.3 is 0 Å². The van der Waals surface area contributed by atoms with Crippen LogP contribution in [0.25, 0.3) is 10.9 Å². The molecule has 0 spiro atoms. The van der Waals surface area contributed by atoms with E-state index < -0.39 is 9.84 Å². The first-order valence-electron chi connectivity index (χ1n) is 6.36. The summed E-state index contributed by atoms with van der Waals surface area (Å²) in [7, 11) is -1.70. The fourth-order valence-corrected chi connectivity index (χ4v) is 3.84. The summed E-state index contributed by atoms with van der Waals surface area (Å²) in [5.74, 6) is 0. The van der Waals surface area contributed by atoms with Crippen molar-refractivity contribution in [2.24, 2.45) is 7.05 Å². The van der Waals surface area contributed by atoms with Crippen molar-refractivity contribution in [3.63, 3.8) is 0 Å². The summed E-state index contributed by atoms with van der Waals surface area (Å²) >= 11 is 0. The Bertz CT molecular complexity index is 874. The van der Waals surface area contributed by atoms with Gasteiger partial charge < -0.3 is 4.57 Å². The van der Waals surface area contributed by atoms with E-state index in [2.05, 4.69) is 0 Å². The van der Waals surface area contributed by atoms with Gasteiger partial charge in [-0.1, -0.05) is 35.9 Å². The highest BCUT2D eigenvalue weighted by atomic mass is 32.2. The number of fused-ring (bicyclic) bond motifs is 1. The molecule has 1 heterocycles. The Labute approximate surface area is 118 Å². The fourth-order valence-electron chi connectivity index (χ4n) is 2.36. The molecule has 0 N–H and O–H groups in total. The van der Waals surface area contributed by atoms with Crippen LogP contribution in [0.4, 0.5) is 0 Å². The maximum Gasteiger partial charge on any atom is 0.222 e. The van der Waals surface area contributed by atoms with Crippen LogP contribution in [0.2, 0.25) is 0 Å². The summed E-state index contributed by atoms with van der Waals surface area (Å²) in [6, 6.07) is 16.3. The Morgan fingerprint density at radius 2 is 1.60 bits per heavy atom. The lowest BCUT2D eigenvalue weighted by atomic mass is 10.2. The van der Waals surface area contributed by atoms with Crippen molar-refractivity contribution in [1.82, 2.24) is 4.57 Å². The van der Waals surface area contributed by atoms with Crippen LogP contribution in [0.3, 0.4) is 0 Å². The van der Waals surface area contributed by atoms with Crippen LogP contribution >= 0.6 is 0 Å². The molecule has 0 bridgehead atoms. The highest BCUT2D eigenvalue weighted by molar-refractivity contribution is 7.91. The molecule has 2 aromatic carbocycles. The molecule has 20 heavy (non-hydrogen) atoms. The SMILES string of the molecule is Cc1ccc(S(=O)(=O)c2cc3ccccc3n2C)cc1. The molecule has 3 nitrogen and oxygen atoms in total.